The second kappa shape index (κ2) is 6.58. The van der Waals surface area contributed by atoms with Gasteiger partial charge in [-0.1, -0.05) is 23.8 Å². The first-order chi connectivity index (χ1) is 11.5. The molecule has 0 saturated carbocycles. The van der Waals surface area contributed by atoms with Gasteiger partial charge in [0.2, 0.25) is 5.91 Å². The van der Waals surface area contributed by atoms with Crippen LogP contribution in [0.3, 0.4) is 0 Å². The number of carboxylic acid groups (broad SMARTS) is 1. The van der Waals surface area contributed by atoms with Crippen molar-refractivity contribution in [2.75, 3.05) is 5.32 Å². The van der Waals surface area contributed by atoms with Gasteiger partial charge in [0, 0.05) is 23.5 Å². The molecule has 0 saturated heterocycles. The van der Waals surface area contributed by atoms with Crippen molar-refractivity contribution in [3.05, 3.63) is 65.4 Å². The Labute approximate surface area is 139 Å². The molecule has 0 bridgehead atoms. The molecule has 1 aromatic heterocycles. The molecule has 0 radical (unpaired) electrons. The molecule has 3 N–H and O–H groups in total. The number of anilines is 1. The first-order valence-electron chi connectivity index (χ1n) is 7.73. The summed E-state index contributed by atoms with van der Waals surface area (Å²) in [5.41, 5.74) is 3.71. The highest BCUT2D eigenvalue weighted by Crippen LogP contribution is 2.21. The number of aromatic nitrogens is 1. The normalized spacial score (nSPS) is 10.7. The van der Waals surface area contributed by atoms with E-state index in [1.165, 1.54) is 11.6 Å². The fraction of sp³-hybridized carbons (Fsp3) is 0.158. The van der Waals surface area contributed by atoms with E-state index in [0.717, 1.165) is 16.5 Å². The van der Waals surface area contributed by atoms with Gasteiger partial charge >= 0.3 is 5.97 Å². The number of carboxylic acids is 1. The maximum Gasteiger partial charge on any atom is 0.337 e. The second-order valence-electron chi connectivity index (χ2n) is 5.76. The number of carbonyl (C=O) groups excluding carboxylic acids is 1. The quantitative estimate of drug-likeness (QED) is 0.669. The average Bonchev–Trinajstić information content (AvgIpc) is 2.95. The summed E-state index contributed by atoms with van der Waals surface area (Å²) in [7, 11) is 0. The molecule has 0 spiro atoms. The number of aromatic amines is 1. The number of H-pyrrole nitrogens is 1. The maximum atomic E-state index is 12.2. The fourth-order valence-electron chi connectivity index (χ4n) is 2.74. The van der Waals surface area contributed by atoms with Crippen LogP contribution in [0.4, 0.5) is 5.69 Å². The minimum absolute atomic E-state index is 0.0913. The molecule has 3 aromatic rings. The molecular formula is C19H18N2O3. The summed E-state index contributed by atoms with van der Waals surface area (Å²) in [5, 5.41) is 13.0. The average molecular weight is 322 g/mol. The van der Waals surface area contributed by atoms with Gasteiger partial charge in [0.15, 0.2) is 0 Å². The molecule has 0 fully saturated rings. The number of amides is 1. The van der Waals surface area contributed by atoms with Gasteiger partial charge < -0.3 is 15.4 Å². The summed E-state index contributed by atoms with van der Waals surface area (Å²) in [5.74, 6) is -1.26. The summed E-state index contributed by atoms with van der Waals surface area (Å²) in [6.07, 6.45) is 2.79. The molecule has 1 amide bonds. The summed E-state index contributed by atoms with van der Waals surface area (Å²) < 4.78 is 0. The van der Waals surface area contributed by atoms with Crippen LogP contribution in [0.25, 0.3) is 10.9 Å². The van der Waals surface area contributed by atoms with Crippen LogP contribution >= 0.6 is 0 Å². The SMILES string of the molecule is Cc1ccc2[nH]cc(CCC(=O)Nc3ccccc3C(=O)O)c2c1. The third-order valence-corrected chi connectivity index (χ3v) is 3.98. The highest BCUT2D eigenvalue weighted by Gasteiger charge is 2.12. The van der Waals surface area contributed by atoms with Crippen molar-refractivity contribution in [2.24, 2.45) is 0 Å². The first-order valence-corrected chi connectivity index (χ1v) is 7.73. The largest absolute Gasteiger partial charge is 0.478 e. The molecule has 122 valence electrons. The molecule has 1 heterocycles. The lowest BCUT2D eigenvalue weighted by Crippen LogP contribution is -2.15. The number of hydrogen-bond acceptors (Lipinski definition) is 2. The predicted molar refractivity (Wildman–Crippen MR) is 93.4 cm³/mol. The first kappa shape index (κ1) is 15.8. The van der Waals surface area contributed by atoms with Crippen LogP contribution in [0.5, 0.6) is 0 Å². The van der Waals surface area contributed by atoms with Crippen LogP contribution in [0.1, 0.15) is 27.9 Å². The van der Waals surface area contributed by atoms with E-state index in [1.807, 2.05) is 25.3 Å². The molecule has 0 aliphatic carbocycles. The van der Waals surface area contributed by atoms with Crippen molar-refractivity contribution in [1.29, 1.82) is 0 Å². The van der Waals surface area contributed by atoms with Gasteiger partial charge in [0.05, 0.1) is 11.3 Å². The number of aromatic carboxylic acids is 1. The molecule has 5 heteroatoms. The third kappa shape index (κ3) is 3.30. The molecule has 0 atom stereocenters. The van der Waals surface area contributed by atoms with Gasteiger partial charge in [0.25, 0.3) is 0 Å². The van der Waals surface area contributed by atoms with Crippen LogP contribution in [0.15, 0.2) is 48.7 Å². The standard InChI is InChI=1S/C19H18N2O3/c1-12-6-8-16-15(10-12)13(11-20-16)7-9-18(22)21-17-5-3-2-4-14(17)19(23)24/h2-6,8,10-11,20H,7,9H2,1H3,(H,21,22)(H,23,24). The lowest BCUT2D eigenvalue weighted by Gasteiger charge is -2.08. The number of rotatable bonds is 5. The Bertz CT molecular complexity index is 912. The van der Waals surface area contributed by atoms with E-state index in [0.29, 0.717) is 12.1 Å². The van der Waals surface area contributed by atoms with Crippen LogP contribution < -0.4 is 5.32 Å². The minimum Gasteiger partial charge on any atom is -0.478 e. The Hall–Kier alpha value is -3.08. The van der Waals surface area contributed by atoms with Crippen molar-refractivity contribution in [2.45, 2.75) is 19.8 Å². The molecular weight excluding hydrogens is 304 g/mol. The number of carbonyl (C=O) groups is 2. The zero-order valence-electron chi connectivity index (χ0n) is 13.3. The van der Waals surface area contributed by atoms with Gasteiger partial charge in [-0.2, -0.15) is 0 Å². The van der Waals surface area contributed by atoms with E-state index in [1.54, 1.807) is 18.2 Å². The second-order valence-corrected chi connectivity index (χ2v) is 5.76. The van der Waals surface area contributed by atoms with E-state index in [-0.39, 0.29) is 17.9 Å². The van der Waals surface area contributed by atoms with Gasteiger partial charge in [-0.15, -0.1) is 0 Å². The van der Waals surface area contributed by atoms with Gasteiger partial charge in [0.1, 0.15) is 0 Å². The van der Waals surface area contributed by atoms with Gasteiger partial charge in [-0.3, -0.25) is 4.79 Å². The van der Waals surface area contributed by atoms with E-state index in [2.05, 4.69) is 16.4 Å². The Kier molecular flexibility index (Phi) is 4.33. The summed E-state index contributed by atoms with van der Waals surface area (Å²) >= 11 is 0. The number of hydrogen-bond donors (Lipinski definition) is 3. The van der Waals surface area contributed by atoms with Crippen molar-refractivity contribution >= 4 is 28.5 Å². The Morgan fingerprint density at radius 1 is 1.17 bits per heavy atom. The van der Waals surface area contributed by atoms with Gasteiger partial charge in [-0.25, -0.2) is 4.79 Å². The molecule has 3 rings (SSSR count). The molecule has 2 aromatic carbocycles. The highest BCUT2D eigenvalue weighted by atomic mass is 16.4. The van der Waals surface area contributed by atoms with Crippen molar-refractivity contribution in [3.8, 4) is 0 Å². The van der Waals surface area contributed by atoms with Gasteiger partial charge in [-0.05, 0) is 43.2 Å². The Balaban J connectivity index is 1.69. The lowest BCUT2D eigenvalue weighted by atomic mass is 10.1. The molecule has 24 heavy (non-hydrogen) atoms. The predicted octanol–water partition coefficient (Wildman–Crippen LogP) is 3.75. The fourth-order valence-corrected chi connectivity index (χ4v) is 2.74. The molecule has 5 nitrogen and oxygen atoms in total. The van der Waals surface area contributed by atoms with E-state index >= 15 is 0 Å². The molecule has 0 unspecified atom stereocenters. The Morgan fingerprint density at radius 2 is 1.96 bits per heavy atom. The highest BCUT2D eigenvalue weighted by molar-refractivity contribution is 6.00. The topological polar surface area (TPSA) is 82.2 Å². The number of para-hydroxylation sites is 1. The van der Waals surface area contributed by atoms with E-state index < -0.39 is 5.97 Å². The number of nitrogens with one attached hydrogen (secondary N) is 2. The summed E-state index contributed by atoms with van der Waals surface area (Å²) in [4.78, 5) is 26.5. The monoisotopic (exact) mass is 322 g/mol. The zero-order chi connectivity index (χ0) is 17.1. The van der Waals surface area contributed by atoms with Crippen molar-refractivity contribution in [3.63, 3.8) is 0 Å². The molecule has 0 aliphatic rings. The molecule has 0 aliphatic heterocycles. The van der Waals surface area contributed by atoms with Crippen LogP contribution in [-0.4, -0.2) is 22.0 Å². The number of fused-ring (bicyclic) bond motifs is 1. The van der Waals surface area contributed by atoms with E-state index in [4.69, 9.17) is 5.11 Å². The number of aryl methyl sites for hydroxylation is 2. The van der Waals surface area contributed by atoms with Crippen LogP contribution in [-0.2, 0) is 11.2 Å². The maximum absolute atomic E-state index is 12.2. The summed E-state index contributed by atoms with van der Waals surface area (Å²) in [6, 6.07) is 12.6. The lowest BCUT2D eigenvalue weighted by molar-refractivity contribution is -0.116. The number of benzene rings is 2. The Morgan fingerprint density at radius 3 is 2.75 bits per heavy atom. The smallest absolute Gasteiger partial charge is 0.337 e. The van der Waals surface area contributed by atoms with Crippen LogP contribution in [0, 0.1) is 6.92 Å². The zero-order valence-corrected chi connectivity index (χ0v) is 13.3. The van der Waals surface area contributed by atoms with Crippen molar-refractivity contribution in [1.82, 2.24) is 4.98 Å². The third-order valence-electron chi connectivity index (χ3n) is 3.98. The van der Waals surface area contributed by atoms with E-state index in [9.17, 15) is 9.59 Å². The summed E-state index contributed by atoms with van der Waals surface area (Å²) in [6.45, 7) is 2.03. The minimum atomic E-state index is -1.06. The van der Waals surface area contributed by atoms with Crippen molar-refractivity contribution < 1.29 is 14.7 Å². The van der Waals surface area contributed by atoms with Crippen LogP contribution in [0.2, 0.25) is 0 Å².